The van der Waals surface area contributed by atoms with Crippen molar-refractivity contribution in [3.05, 3.63) is 46.8 Å². The third-order valence-electron chi connectivity index (χ3n) is 4.35. The second-order valence-corrected chi connectivity index (χ2v) is 6.27. The summed E-state index contributed by atoms with van der Waals surface area (Å²) in [7, 11) is 0. The van der Waals surface area contributed by atoms with E-state index in [0.29, 0.717) is 45.1 Å². The number of rotatable bonds is 6. The van der Waals surface area contributed by atoms with Crippen LogP contribution in [0.5, 0.6) is 5.75 Å². The van der Waals surface area contributed by atoms with Crippen LogP contribution in [0.25, 0.3) is 0 Å². The molecule has 7 heteroatoms. The molecule has 0 radical (unpaired) electrons. The van der Waals surface area contributed by atoms with Crippen molar-refractivity contribution < 1.29 is 19.4 Å². The lowest BCUT2D eigenvalue weighted by molar-refractivity contribution is 0.0715. The van der Waals surface area contributed by atoms with Gasteiger partial charge in [-0.05, 0) is 37.6 Å². The molecule has 7 nitrogen and oxygen atoms in total. The fourth-order valence-electron chi connectivity index (χ4n) is 3.06. The molecule has 1 aromatic carbocycles. The van der Waals surface area contributed by atoms with Gasteiger partial charge in [-0.1, -0.05) is 6.07 Å². The van der Waals surface area contributed by atoms with E-state index in [4.69, 9.17) is 9.47 Å². The van der Waals surface area contributed by atoms with E-state index < -0.39 is 0 Å². The van der Waals surface area contributed by atoms with Crippen molar-refractivity contribution in [3.63, 3.8) is 0 Å². The van der Waals surface area contributed by atoms with E-state index in [1.54, 1.807) is 9.58 Å². The lowest BCUT2D eigenvalue weighted by Gasteiger charge is -2.20. The normalized spacial score (nSPS) is 13.9. The minimum atomic E-state index is -0.0760. The van der Waals surface area contributed by atoms with Crippen LogP contribution in [0.4, 0.5) is 0 Å². The first-order chi connectivity index (χ1) is 12.6. The molecule has 1 aliphatic rings. The van der Waals surface area contributed by atoms with E-state index in [1.165, 1.54) is 0 Å². The van der Waals surface area contributed by atoms with Gasteiger partial charge in [0.2, 0.25) is 0 Å². The Morgan fingerprint density at radius 2 is 2.23 bits per heavy atom. The van der Waals surface area contributed by atoms with Gasteiger partial charge in [-0.2, -0.15) is 5.10 Å². The second kappa shape index (κ2) is 8.33. The largest absolute Gasteiger partial charge is 0.491 e. The first-order valence-electron chi connectivity index (χ1n) is 8.89. The molecule has 2 aromatic rings. The predicted molar refractivity (Wildman–Crippen MR) is 96.1 cm³/mol. The molecule has 0 unspecified atom stereocenters. The van der Waals surface area contributed by atoms with Crippen LogP contribution in [0.1, 0.15) is 34.2 Å². The maximum Gasteiger partial charge on any atom is 0.272 e. The number of carbonyl (C=O) groups excluding carboxylic acids is 1. The van der Waals surface area contributed by atoms with E-state index in [1.807, 2.05) is 38.1 Å². The van der Waals surface area contributed by atoms with Gasteiger partial charge in [-0.3, -0.25) is 9.48 Å². The summed E-state index contributed by atoms with van der Waals surface area (Å²) in [5, 5.41) is 13.8. The molecular formula is C19H25N3O4. The Labute approximate surface area is 153 Å². The van der Waals surface area contributed by atoms with Gasteiger partial charge < -0.3 is 19.5 Å². The highest BCUT2D eigenvalue weighted by atomic mass is 16.5. The Hall–Kier alpha value is -2.38. The number of hydrogen-bond donors (Lipinski definition) is 1. The number of benzene rings is 1. The van der Waals surface area contributed by atoms with E-state index in [2.05, 4.69) is 5.10 Å². The van der Waals surface area contributed by atoms with Crippen LogP contribution in [0.2, 0.25) is 0 Å². The van der Waals surface area contributed by atoms with Crippen molar-refractivity contribution in [2.75, 3.05) is 26.4 Å². The molecule has 0 spiro atoms. The average Bonchev–Trinajstić information content (AvgIpc) is 2.88. The molecule has 2 heterocycles. The van der Waals surface area contributed by atoms with Gasteiger partial charge in [0, 0.05) is 18.7 Å². The highest BCUT2D eigenvalue weighted by Crippen LogP contribution is 2.25. The topological polar surface area (TPSA) is 76.8 Å². The van der Waals surface area contributed by atoms with Crippen LogP contribution in [-0.4, -0.2) is 52.1 Å². The fraction of sp³-hybridized carbons (Fsp3) is 0.474. The summed E-state index contributed by atoms with van der Waals surface area (Å²) in [6.07, 6.45) is 0. The second-order valence-electron chi connectivity index (χ2n) is 6.27. The van der Waals surface area contributed by atoms with E-state index in [0.717, 1.165) is 22.6 Å². The van der Waals surface area contributed by atoms with Crippen LogP contribution in [0.3, 0.4) is 0 Å². The van der Waals surface area contributed by atoms with Crippen LogP contribution < -0.4 is 4.74 Å². The van der Waals surface area contributed by atoms with Gasteiger partial charge >= 0.3 is 0 Å². The highest BCUT2D eigenvalue weighted by molar-refractivity contribution is 5.92. The van der Waals surface area contributed by atoms with Crippen LogP contribution >= 0.6 is 0 Å². The smallest absolute Gasteiger partial charge is 0.272 e. The van der Waals surface area contributed by atoms with E-state index in [-0.39, 0.29) is 12.5 Å². The standard InChI is InChI=1S/C19H25N3O4/c1-3-25-8-7-22-17(10-14(2)20-22)19(24)21-6-9-26-18-5-4-15(13-23)11-16(18)12-21/h4-5,10-11,23H,3,6-9,12-13H2,1-2H3. The Morgan fingerprint density at radius 3 is 3.00 bits per heavy atom. The van der Waals surface area contributed by atoms with Crippen LogP contribution in [0, 0.1) is 6.92 Å². The zero-order valence-electron chi connectivity index (χ0n) is 15.3. The minimum Gasteiger partial charge on any atom is -0.491 e. The number of hydrogen-bond acceptors (Lipinski definition) is 5. The summed E-state index contributed by atoms with van der Waals surface area (Å²) < 4.78 is 12.9. The molecule has 140 valence electrons. The highest BCUT2D eigenvalue weighted by Gasteiger charge is 2.24. The average molecular weight is 359 g/mol. The van der Waals surface area contributed by atoms with Gasteiger partial charge in [0.1, 0.15) is 18.1 Å². The monoisotopic (exact) mass is 359 g/mol. The van der Waals surface area contributed by atoms with Crippen LogP contribution in [-0.2, 0) is 24.4 Å². The fourth-order valence-corrected chi connectivity index (χ4v) is 3.06. The van der Waals surface area contributed by atoms with Gasteiger partial charge in [0.05, 0.1) is 32.0 Å². The number of ether oxygens (including phenoxy) is 2. The van der Waals surface area contributed by atoms with Gasteiger partial charge in [0.15, 0.2) is 0 Å². The molecule has 0 fully saturated rings. The maximum absolute atomic E-state index is 13.1. The number of nitrogens with zero attached hydrogens (tertiary/aromatic N) is 3. The predicted octanol–water partition coefficient (Wildman–Crippen LogP) is 1.76. The first-order valence-corrected chi connectivity index (χ1v) is 8.89. The van der Waals surface area contributed by atoms with Crippen molar-refractivity contribution in [3.8, 4) is 5.75 Å². The third kappa shape index (κ3) is 4.05. The number of fused-ring (bicyclic) bond motifs is 1. The quantitative estimate of drug-likeness (QED) is 0.795. The summed E-state index contributed by atoms with van der Waals surface area (Å²) >= 11 is 0. The molecular weight excluding hydrogens is 334 g/mol. The maximum atomic E-state index is 13.1. The van der Waals surface area contributed by atoms with Crippen LogP contribution in [0.15, 0.2) is 24.3 Å². The van der Waals surface area contributed by atoms with Crippen molar-refractivity contribution in [1.29, 1.82) is 0 Å². The van der Waals surface area contributed by atoms with Gasteiger partial charge in [-0.15, -0.1) is 0 Å². The van der Waals surface area contributed by atoms with Crippen molar-refractivity contribution >= 4 is 5.91 Å². The molecule has 1 amide bonds. The number of aromatic nitrogens is 2. The third-order valence-corrected chi connectivity index (χ3v) is 4.35. The molecule has 1 N–H and O–H groups in total. The molecule has 0 saturated heterocycles. The number of aliphatic hydroxyl groups is 1. The Kier molecular flexibility index (Phi) is 5.90. The molecule has 26 heavy (non-hydrogen) atoms. The molecule has 1 aliphatic heterocycles. The molecule has 3 rings (SSSR count). The van der Waals surface area contributed by atoms with Crippen molar-refractivity contribution in [2.24, 2.45) is 0 Å². The summed E-state index contributed by atoms with van der Waals surface area (Å²) in [6, 6.07) is 7.39. The Balaban J connectivity index is 1.81. The number of aryl methyl sites for hydroxylation is 1. The minimum absolute atomic E-state index is 0.0371. The molecule has 0 saturated carbocycles. The summed E-state index contributed by atoms with van der Waals surface area (Å²) in [5.41, 5.74) is 3.07. The lowest BCUT2D eigenvalue weighted by Crippen LogP contribution is -2.34. The molecule has 1 aromatic heterocycles. The zero-order valence-corrected chi connectivity index (χ0v) is 15.3. The molecule has 0 bridgehead atoms. The Morgan fingerprint density at radius 1 is 1.38 bits per heavy atom. The van der Waals surface area contributed by atoms with Crippen molar-refractivity contribution in [2.45, 2.75) is 33.5 Å². The number of aliphatic hydroxyl groups excluding tert-OH is 1. The zero-order chi connectivity index (χ0) is 18.5. The molecule has 0 atom stereocenters. The van der Waals surface area contributed by atoms with Gasteiger partial charge in [-0.25, -0.2) is 0 Å². The number of carbonyl (C=O) groups is 1. The van der Waals surface area contributed by atoms with Crippen molar-refractivity contribution in [1.82, 2.24) is 14.7 Å². The summed E-state index contributed by atoms with van der Waals surface area (Å²) in [6.45, 7) is 6.85. The van der Waals surface area contributed by atoms with E-state index >= 15 is 0 Å². The lowest BCUT2D eigenvalue weighted by atomic mass is 10.1. The van der Waals surface area contributed by atoms with E-state index in [9.17, 15) is 9.90 Å². The summed E-state index contributed by atoms with van der Waals surface area (Å²) in [5.74, 6) is 0.687. The Bertz CT molecular complexity index is 772. The first kappa shape index (κ1) is 18.4. The summed E-state index contributed by atoms with van der Waals surface area (Å²) in [4.78, 5) is 14.9. The number of amides is 1. The van der Waals surface area contributed by atoms with Gasteiger partial charge in [0.25, 0.3) is 5.91 Å². The molecule has 0 aliphatic carbocycles. The SMILES string of the molecule is CCOCCn1nc(C)cc1C(=O)N1CCOc2ccc(CO)cc2C1.